The van der Waals surface area contributed by atoms with Gasteiger partial charge in [-0.1, -0.05) is 0 Å². The van der Waals surface area contributed by atoms with Gasteiger partial charge in [0, 0.05) is 0 Å². The van der Waals surface area contributed by atoms with E-state index in [1.807, 2.05) is 5.32 Å². The van der Waals surface area contributed by atoms with E-state index in [-0.39, 0.29) is 6.41 Å². The number of aliphatic carboxylic acids is 2. The molecule has 0 aromatic rings. The first-order valence-corrected chi connectivity index (χ1v) is 13.8. The number of rotatable bonds is 17. The Bertz CT molecular complexity index is 380. The maximum atomic E-state index is 10.1. The number of carboxylic acid groups (broad SMARTS) is 2. The quantitative estimate of drug-likeness (QED) is 0.235. The number of carbonyl (C=O) groups excluding carboxylic acids is 1. The van der Waals surface area contributed by atoms with E-state index >= 15 is 0 Å². The summed E-state index contributed by atoms with van der Waals surface area (Å²) in [5.74, 6) is -2.63. The molecule has 0 rings (SSSR count). The van der Waals surface area contributed by atoms with Crippen LogP contribution in [0, 0.1) is 0 Å². The van der Waals surface area contributed by atoms with Crippen LogP contribution >= 0.6 is 7.26 Å². The van der Waals surface area contributed by atoms with Gasteiger partial charge in [0.05, 0.1) is 6.42 Å². The van der Waals surface area contributed by atoms with Crippen molar-refractivity contribution in [2.24, 2.45) is 0 Å². The molecule has 0 unspecified atom stereocenters. The van der Waals surface area contributed by atoms with E-state index in [9.17, 15) is 14.4 Å². The van der Waals surface area contributed by atoms with Gasteiger partial charge >= 0.3 is 123 Å². The largest absolute Gasteiger partial charge is 0.481 e. The molecule has 0 aliphatic heterocycles. The third-order valence-electron chi connectivity index (χ3n) is 5.19. The van der Waals surface area contributed by atoms with Gasteiger partial charge in [0.1, 0.15) is 6.04 Å². The van der Waals surface area contributed by atoms with Gasteiger partial charge in [-0.05, 0) is 0 Å². The Balaban J connectivity index is 0. The van der Waals surface area contributed by atoms with Crippen LogP contribution in [0.4, 0.5) is 0 Å². The Morgan fingerprint density at radius 1 is 0.821 bits per heavy atom. The van der Waals surface area contributed by atoms with Gasteiger partial charge in [-0.2, -0.15) is 0 Å². The van der Waals surface area contributed by atoms with E-state index in [0.29, 0.717) is 0 Å². The molecule has 0 aromatic heterocycles. The molecule has 28 heavy (non-hydrogen) atoms. The molecule has 7 heteroatoms. The Morgan fingerprint density at radius 3 is 1.39 bits per heavy atom. The molecule has 0 bridgehead atoms. The summed E-state index contributed by atoms with van der Waals surface area (Å²) in [7, 11) is -0.879. The van der Waals surface area contributed by atoms with Crippen LogP contribution in [0.15, 0.2) is 0 Å². The molecule has 0 aliphatic carbocycles. The molecule has 3 N–H and O–H groups in total. The minimum Gasteiger partial charge on any atom is -0.481 e. The van der Waals surface area contributed by atoms with Crippen molar-refractivity contribution in [3.8, 4) is 0 Å². The first-order valence-electron chi connectivity index (χ1n) is 11.0. The van der Waals surface area contributed by atoms with Crippen LogP contribution in [0.1, 0.15) is 85.5 Å². The molecule has 0 saturated heterocycles. The summed E-state index contributed by atoms with van der Waals surface area (Å²) in [4.78, 5) is 29.8. The second kappa shape index (κ2) is 19.2. The second-order valence-electron chi connectivity index (χ2n) is 7.69. The molecule has 0 radical (unpaired) electrons. The van der Waals surface area contributed by atoms with E-state index in [4.69, 9.17) is 10.2 Å². The normalized spacial score (nSPS) is 12.4. The predicted molar refractivity (Wildman–Crippen MR) is 120 cm³/mol. The average molecular weight is 422 g/mol. The minimum absolute atomic E-state index is 0.154. The van der Waals surface area contributed by atoms with E-state index in [1.54, 1.807) is 24.6 Å². The maximum Gasteiger partial charge on any atom is 0.326 e. The number of nitrogens with one attached hydrogen (secondary N) is 1. The Morgan fingerprint density at radius 2 is 1.18 bits per heavy atom. The van der Waals surface area contributed by atoms with Crippen LogP contribution in [0.3, 0.4) is 0 Å². The Hall–Kier alpha value is -1.16. The summed E-state index contributed by atoms with van der Waals surface area (Å²) in [6, 6.07) is -1.34. The fraction of sp³-hybridized carbons (Fsp3) is 0.857. The van der Waals surface area contributed by atoms with E-state index < -0.39 is 31.7 Å². The molecule has 0 fully saturated rings. The fourth-order valence-electron chi connectivity index (χ4n) is 3.43. The SMILES string of the molecule is CCCC[PH](CCCC)(CCCC)CCCC.O=CN[C@@H](CC(=O)O)C(=O)O. The minimum atomic E-state index is -1.36. The molecular formula is C21H44NO5P. The second-order valence-corrected chi connectivity index (χ2v) is 12.7. The maximum absolute atomic E-state index is 10.1. The predicted octanol–water partition coefficient (Wildman–Crippen LogP) is 4.60. The molecule has 0 aliphatic rings. The standard InChI is InChI=1S/C16H37P.C5H7NO5/c1-5-9-13-17(14-10-6-2,15-11-7-3)16-12-8-4;7-2-6-3(5(10)11)1-4(8)9/h17H,5-16H2,1-4H3;2-3H,1H2,(H,6,7)(H,8,9)(H,10,11)/t;3-/m.0/s1. The van der Waals surface area contributed by atoms with Crippen molar-refractivity contribution in [3.63, 3.8) is 0 Å². The number of amides is 1. The first-order chi connectivity index (χ1) is 13.3. The fourth-order valence-corrected chi connectivity index (χ4v) is 9.35. The van der Waals surface area contributed by atoms with Gasteiger partial charge in [0.2, 0.25) is 6.41 Å². The summed E-state index contributed by atoms with van der Waals surface area (Å²) >= 11 is 0. The van der Waals surface area contributed by atoms with Crippen molar-refractivity contribution in [1.29, 1.82) is 0 Å². The van der Waals surface area contributed by atoms with Crippen LogP contribution in [-0.2, 0) is 14.4 Å². The van der Waals surface area contributed by atoms with Crippen molar-refractivity contribution in [2.45, 2.75) is 91.5 Å². The number of carbonyl (C=O) groups is 3. The Kier molecular flexibility index (Phi) is 19.9. The van der Waals surface area contributed by atoms with Crippen LogP contribution in [0.2, 0.25) is 0 Å². The molecule has 0 saturated carbocycles. The van der Waals surface area contributed by atoms with Crippen molar-refractivity contribution in [2.75, 3.05) is 24.6 Å². The summed E-state index contributed by atoms with van der Waals surface area (Å²) in [5, 5.41) is 18.3. The zero-order chi connectivity index (χ0) is 21.8. The van der Waals surface area contributed by atoms with Gasteiger partial charge in [-0.3, -0.25) is 9.59 Å². The van der Waals surface area contributed by atoms with Gasteiger partial charge in [0.25, 0.3) is 0 Å². The van der Waals surface area contributed by atoms with Crippen LogP contribution in [0.5, 0.6) is 0 Å². The molecule has 6 nitrogen and oxygen atoms in total. The van der Waals surface area contributed by atoms with Gasteiger partial charge in [-0.15, -0.1) is 0 Å². The van der Waals surface area contributed by atoms with Gasteiger partial charge < -0.3 is 15.5 Å². The number of hydrogen-bond donors (Lipinski definition) is 3. The summed E-state index contributed by atoms with van der Waals surface area (Å²) < 4.78 is 0. The Labute approximate surface area is 172 Å². The molecule has 0 heterocycles. The smallest absolute Gasteiger partial charge is 0.326 e. The van der Waals surface area contributed by atoms with Crippen molar-refractivity contribution >= 4 is 25.6 Å². The summed E-state index contributed by atoms with van der Waals surface area (Å²) in [5.41, 5.74) is 0. The molecule has 0 aromatic carbocycles. The van der Waals surface area contributed by atoms with Crippen molar-refractivity contribution < 1.29 is 24.6 Å². The first kappa shape index (κ1) is 29.0. The zero-order valence-corrected chi connectivity index (χ0v) is 19.5. The van der Waals surface area contributed by atoms with Crippen molar-refractivity contribution in [3.05, 3.63) is 0 Å². The molecule has 1 atom stereocenters. The van der Waals surface area contributed by atoms with Crippen LogP contribution in [-0.4, -0.2) is 59.3 Å². The van der Waals surface area contributed by atoms with E-state index in [1.165, 1.54) is 51.4 Å². The van der Waals surface area contributed by atoms with Crippen molar-refractivity contribution in [1.82, 2.24) is 5.32 Å². The molecular weight excluding hydrogens is 377 g/mol. The van der Waals surface area contributed by atoms with Crippen LogP contribution in [0.25, 0.3) is 0 Å². The third kappa shape index (κ3) is 15.9. The van der Waals surface area contributed by atoms with Crippen LogP contribution < -0.4 is 5.32 Å². The van der Waals surface area contributed by atoms with Gasteiger partial charge in [-0.25, -0.2) is 4.79 Å². The number of unbranched alkanes of at least 4 members (excludes halogenated alkanes) is 4. The summed E-state index contributed by atoms with van der Waals surface area (Å²) in [6.07, 6.45) is 17.7. The molecule has 1 amide bonds. The molecule has 168 valence electrons. The topological polar surface area (TPSA) is 104 Å². The number of carboxylic acids is 2. The number of hydrogen-bond acceptors (Lipinski definition) is 3. The summed E-state index contributed by atoms with van der Waals surface area (Å²) in [6.45, 7) is 9.44. The monoisotopic (exact) mass is 421 g/mol. The van der Waals surface area contributed by atoms with E-state index in [0.717, 1.165) is 0 Å². The average Bonchev–Trinajstić information content (AvgIpc) is 2.66. The van der Waals surface area contributed by atoms with E-state index in [2.05, 4.69) is 27.7 Å². The zero-order valence-electron chi connectivity index (χ0n) is 18.5. The third-order valence-corrected chi connectivity index (χ3v) is 10.8. The molecule has 0 spiro atoms. The van der Waals surface area contributed by atoms with Gasteiger partial charge in [0.15, 0.2) is 0 Å².